The van der Waals surface area contributed by atoms with Gasteiger partial charge in [-0.05, 0) is 59.6 Å². The number of allylic oxidation sites excluding steroid dienone is 2. The Hall–Kier alpha value is -2.43. The summed E-state index contributed by atoms with van der Waals surface area (Å²) in [6.07, 6.45) is 6.51. The third-order valence-electron chi connectivity index (χ3n) is 8.04. The van der Waals surface area contributed by atoms with E-state index in [1.54, 1.807) is 12.1 Å². The molecule has 0 unspecified atom stereocenters. The normalized spacial score (nSPS) is 33.5. The van der Waals surface area contributed by atoms with Gasteiger partial charge in [-0.3, -0.25) is 19.3 Å². The molecule has 5 aliphatic rings. The summed E-state index contributed by atoms with van der Waals surface area (Å²) in [5, 5.41) is 0. The van der Waals surface area contributed by atoms with Gasteiger partial charge in [0.1, 0.15) is 5.75 Å². The molecule has 30 heavy (non-hydrogen) atoms. The number of rotatable bonds is 6. The largest absolute Gasteiger partial charge is 0.426 e. The van der Waals surface area contributed by atoms with Gasteiger partial charge in [-0.25, -0.2) is 0 Å². The van der Waals surface area contributed by atoms with Crippen molar-refractivity contribution in [2.45, 2.75) is 45.4 Å². The summed E-state index contributed by atoms with van der Waals surface area (Å²) in [7, 11) is 0. The number of likely N-dealkylation sites (tertiary alicyclic amines) is 1. The van der Waals surface area contributed by atoms with E-state index in [-0.39, 0.29) is 53.9 Å². The molecule has 2 saturated carbocycles. The highest BCUT2D eigenvalue weighted by atomic mass is 16.5. The summed E-state index contributed by atoms with van der Waals surface area (Å²) < 4.78 is 5.44. The summed E-state index contributed by atoms with van der Waals surface area (Å²) in [6.45, 7) is 6.62. The average Bonchev–Trinajstić information content (AvgIpc) is 3.52. The van der Waals surface area contributed by atoms with Crippen molar-refractivity contribution in [1.82, 2.24) is 4.90 Å². The summed E-state index contributed by atoms with van der Waals surface area (Å²) >= 11 is 0. The van der Waals surface area contributed by atoms with Crippen molar-refractivity contribution in [3.63, 3.8) is 0 Å². The second kappa shape index (κ2) is 6.79. The van der Waals surface area contributed by atoms with E-state index < -0.39 is 5.97 Å². The number of amides is 2. The molecule has 0 radical (unpaired) electrons. The topological polar surface area (TPSA) is 63.7 Å². The zero-order valence-corrected chi connectivity index (χ0v) is 17.8. The van der Waals surface area contributed by atoms with Gasteiger partial charge in [0.05, 0.1) is 18.3 Å². The van der Waals surface area contributed by atoms with Crippen LogP contribution in [-0.2, 0) is 19.8 Å². The van der Waals surface area contributed by atoms with E-state index >= 15 is 0 Å². The van der Waals surface area contributed by atoms with E-state index in [4.69, 9.17) is 4.74 Å². The van der Waals surface area contributed by atoms with E-state index in [0.717, 1.165) is 12.8 Å². The van der Waals surface area contributed by atoms with Gasteiger partial charge >= 0.3 is 5.97 Å². The molecule has 1 saturated heterocycles. The molecule has 0 spiro atoms. The molecule has 0 N–H and O–H groups in total. The zero-order valence-electron chi connectivity index (χ0n) is 17.8. The Morgan fingerprint density at radius 3 is 2.13 bits per heavy atom. The number of carbonyl (C=O) groups excluding carboxylic acids is 3. The lowest BCUT2D eigenvalue weighted by Gasteiger charge is -2.37. The van der Waals surface area contributed by atoms with Gasteiger partial charge in [0.2, 0.25) is 11.8 Å². The van der Waals surface area contributed by atoms with Crippen molar-refractivity contribution in [3.05, 3.63) is 42.0 Å². The van der Waals surface area contributed by atoms with Crippen LogP contribution in [0.1, 0.15) is 45.6 Å². The second-order valence-corrected chi connectivity index (χ2v) is 9.97. The molecule has 2 bridgehead atoms. The van der Waals surface area contributed by atoms with Gasteiger partial charge in [-0.15, -0.1) is 0 Å². The molecule has 1 aliphatic heterocycles. The van der Waals surface area contributed by atoms with Gasteiger partial charge in [-0.1, -0.05) is 45.1 Å². The highest BCUT2D eigenvalue weighted by Crippen LogP contribution is 2.65. The van der Waals surface area contributed by atoms with Crippen molar-refractivity contribution in [3.8, 4) is 5.75 Å². The highest BCUT2D eigenvalue weighted by Gasteiger charge is 2.66. The minimum atomic E-state index is -0.420. The molecule has 0 aromatic heterocycles. The third-order valence-corrected chi connectivity index (χ3v) is 8.04. The van der Waals surface area contributed by atoms with Crippen molar-refractivity contribution < 1.29 is 19.1 Å². The van der Waals surface area contributed by atoms with E-state index in [1.165, 1.54) is 10.5 Å². The Morgan fingerprint density at radius 1 is 1.03 bits per heavy atom. The van der Waals surface area contributed by atoms with Gasteiger partial charge in [0.15, 0.2) is 0 Å². The lowest BCUT2D eigenvalue weighted by Crippen LogP contribution is -2.40. The lowest BCUT2D eigenvalue weighted by molar-refractivity contribution is -0.141. The molecule has 5 nitrogen and oxygen atoms in total. The zero-order chi connectivity index (χ0) is 21.2. The van der Waals surface area contributed by atoms with E-state index in [2.05, 4.69) is 32.9 Å². The Labute approximate surface area is 177 Å². The molecule has 6 atom stereocenters. The summed E-state index contributed by atoms with van der Waals surface area (Å²) in [5.41, 5.74) is 1.27. The fourth-order valence-corrected chi connectivity index (χ4v) is 5.80. The predicted molar refractivity (Wildman–Crippen MR) is 111 cm³/mol. The molecule has 5 heteroatoms. The Balaban J connectivity index is 1.19. The molecular weight excluding hydrogens is 378 g/mol. The van der Waals surface area contributed by atoms with E-state index in [0.29, 0.717) is 17.6 Å². The first-order valence-corrected chi connectivity index (χ1v) is 11.2. The number of hydrogen-bond acceptors (Lipinski definition) is 4. The number of carbonyl (C=O) groups is 3. The summed E-state index contributed by atoms with van der Waals surface area (Å²) in [6, 6.07) is 7.58. The smallest absolute Gasteiger partial charge is 0.312 e. The highest BCUT2D eigenvalue weighted by molar-refractivity contribution is 6.06. The van der Waals surface area contributed by atoms with E-state index in [1.807, 2.05) is 12.1 Å². The molecule has 4 aliphatic carbocycles. The average molecular weight is 408 g/mol. The van der Waals surface area contributed by atoms with Crippen LogP contribution in [0.3, 0.4) is 0 Å². The third kappa shape index (κ3) is 2.93. The van der Waals surface area contributed by atoms with Crippen molar-refractivity contribution >= 4 is 17.8 Å². The number of nitrogens with zero attached hydrogens (tertiary/aromatic N) is 1. The number of imide groups is 1. The van der Waals surface area contributed by atoms with Gasteiger partial charge < -0.3 is 4.74 Å². The van der Waals surface area contributed by atoms with Crippen LogP contribution in [0.5, 0.6) is 5.75 Å². The minimum absolute atomic E-state index is 0.0226. The first-order chi connectivity index (χ1) is 14.3. The van der Waals surface area contributed by atoms with Crippen molar-refractivity contribution in [1.29, 1.82) is 0 Å². The quantitative estimate of drug-likeness (QED) is 0.312. The van der Waals surface area contributed by atoms with Gasteiger partial charge in [0.25, 0.3) is 0 Å². The van der Waals surface area contributed by atoms with Crippen molar-refractivity contribution in [2.24, 2.45) is 35.5 Å². The maximum Gasteiger partial charge on any atom is 0.312 e. The number of ether oxygens (including phenoxy) is 1. The maximum atomic E-state index is 13.0. The standard InChI is InChI=1S/C25H29NO4/c1-4-25(2,3)14-5-7-15(8-6-14)30-20(27)11-12-26-23(28)21-16-9-10-17(19-13-18(16)19)22(21)24(26)29/h5-10,16-19,21-22H,4,11-13H2,1-3H3/t16-,17-,18-,19+,21-,22+/m1/s1. The minimum Gasteiger partial charge on any atom is -0.426 e. The van der Waals surface area contributed by atoms with Crippen LogP contribution >= 0.6 is 0 Å². The number of hydrogen-bond donors (Lipinski definition) is 0. The number of benzene rings is 1. The molecule has 1 aromatic rings. The molecule has 2 amide bonds. The van der Waals surface area contributed by atoms with Crippen LogP contribution < -0.4 is 4.74 Å². The Kier molecular flexibility index (Phi) is 4.42. The van der Waals surface area contributed by atoms with Crippen LogP contribution in [0, 0.1) is 35.5 Å². The van der Waals surface area contributed by atoms with Crippen LogP contribution in [0.15, 0.2) is 36.4 Å². The summed E-state index contributed by atoms with van der Waals surface area (Å²) in [4.78, 5) is 39.6. The monoisotopic (exact) mass is 407 g/mol. The van der Waals surface area contributed by atoms with Gasteiger partial charge in [0, 0.05) is 6.54 Å². The van der Waals surface area contributed by atoms with E-state index in [9.17, 15) is 14.4 Å². The van der Waals surface area contributed by atoms with Crippen LogP contribution in [0.4, 0.5) is 0 Å². The Bertz CT molecular complexity index is 895. The van der Waals surface area contributed by atoms with Gasteiger partial charge in [-0.2, -0.15) is 0 Å². The Morgan fingerprint density at radius 2 is 1.60 bits per heavy atom. The SMILES string of the molecule is CCC(C)(C)c1ccc(OC(=O)CCN2C(=O)[C@@H]3[C@@H]4C=C[C@H]([C@@H]5C[C@H]45)[C@@H]3C2=O)cc1. The number of esters is 1. The van der Waals surface area contributed by atoms with Crippen LogP contribution in [-0.4, -0.2) is 29.2 Å². The fourth-order valence-electron chi connectivity index (χ4n) is 5.80. The van der Waals surface area contributed by atoms with Crippen molar-refractivity contribution in [2.75, 3.05) is 6.54 Å². The first-order valence-electron chi connectivity index (χ1n) is 11.2. The molecule has 1 heterocycles. The second-order valence-electron chi connectivity index (χ2n) is 9.97. The first kappa shape index (κ1) is 19.5. The molecular formula is C25H29NO4. The van der Waals surface area contributed by atoms with Crippen LogP contribution in [0.25, 0.3) is 0 Å². The molecule has 3 fully saturated rings. The maximum absolute atomic E-state index is 13.0. The molecule has 158 valence electrons. The predicted octanol–water partition coefficient (Wildman–Crippen LogP) is 3.72. The summed E-state index contributed by atoms with van der Waals surface area (Å²) in [5.74, 6) is 1.08. The molecule has 6 rings (SSSR count). The lowest BCUT2D eigenvalue weighted by atomic mass is 9.63. The fraction of sp³-hybridized carbons (Fsp3) is 0.560. The van der Waals surface area contributed by atoms with Crippen LogP contribution in [0.2, 0.25) is 0 Å². The molecule has 1 aromatic carbocycles.